The zero-order valence-corrected chi connectivity index (χ0v) is 10.8. The minimum absolute atomic E-state index is 0.139. The van der Waals surface area contributed by atoms with E-state index in [0.29, 0.717) is 18.8 Å². The number of hydrogen-bond acceptors (Lipinski definition) is 1. The summed E-state index contributed by atoms with van der Waals surface area (Å²) >= 11 is 0. The maximum atomic E-state index is 13.7. The number of rotatable bonds is 3. The third-order valence-corrected chi connectivity index (χ3v) is 4.06. The predicted octanol–water partition coefficient (Wildman–Crippen LogP) is 4.14. The first-order valence-corrected chi connectivity index (χ1v) is 6.73. The molecule has 0 bridgehead atoms. The maximum absolute atomic E-state index is 13.7. The molecule has 18 heavy (non-hydrogen) atoms. The second-order valence-electron chi connectivity index (χ2n) is 5.36. The van der Waals surface area contributed by atoms with Crippen molar-refractivity contribution in [3.63, 3.8) is 0 Å². The molecule has 2 rings (SSSR count). The van der Waals surface area contributed by atoms with Crippen LogP contribution in [0.4, 0.5) is 8.78 Å². The Bertz CT molecular complexity index is 389. The van der Waals surface area contributed by atoms with Gasteiger partial charge in [-0.1, -0.05) is 25.8 Å². The Balaban J connectivity index is 2.18. The zero-order chi connectivity index (χ0) is 13.2. The van der Waals surface area contributed by atoms with E-state index >= 15 is 0 Å². The minimum Gasteiger partial charge on any atom is -0.385 e. The summed E-state index contributed by atoms with van der Waals surface area (Å²) in [6.07, 6.45) is 4.86. The van der Waals surface area contributed by atoms with Gasteiger partial charge in [0.25, 0.3) is 0 Å². The van der Waals surface area contributed by atoms with E-state index in [0.717, 1.165) is 25.7 Å². The van der Waals surface area contributed by atoms with E-state index in [9.17, 15) is 13.9 Å². The fourth-order valence-electron chi connectivity index (χ4n) is 3.04. The van der Waals surface area contributed by atoms with Crippen molar-refractivity contribution in [1.29, 1.82) is 0 Å². The Morgan fingerprint density at radius 3 is 2.28 bits per heavy atom. The predicted molar refractivity (Wildman–Crippen MR) is 67.1 cm³/mol. The third kappa shape index (κ3) is 2.56. The van der Waals surface area contributed by atoms with Crippen LogP contribution in [0.25, 0.3) is 0 Å². The molecule has 0 amide bonds. The van der Waals surface area contributed by atoms with Crippen LogP contribution >= 0.6 is 0 Å². The van der Waals surface area contributed by atoms with Crippen molar-refractivity contribution in [1.82, 2.24) is 0 Å². The third-order valence-electron chi connectivity index (χ3n) is 4.06. The Morgan fingerprint density at radius 2 is 1.78 bits per heavy atom. The van der Waals surface area contributed by atoms with Gasteiger partial charge >= 0.3 is 0 Å². The summed E-state index contributed by atoms with van der Waals surface area (Å²) in [5, 5.41) is 10.5. The van der Waals surface area contributed by atoms with Gasteiger partial charge in [-0.3, -0.25) is 0 Å². The average molecular weight is 254 g/mol. The van der Waals surface area contributed by atoms with Crippen LogP contribution in [0.2, 0.25) is 0 Å². The molecule has 1 aliphatic rings. The van der Waals surface area contributed by atoms with Gasteiger partial charge in [0.2, 0.25) is 0 Å². The first-order valence-electron chi connectivity index (χ1n) is 6.73. The normalized spacial score (nSPS) is 28.3. The van der Waals surface area contributed by atoms with Crippen molar-refractivity contribution in [2.75, 3.05) is 0 Å². The second-order valence-corrected chi connectivity index (χ2v) is 5.36. The van der Waals surface area contributed by atoms with Gasteiger partial charge in [0.1, 0.15) is 11.6 Å². The lowest BCUT2D eigenvalue weighted by atomic mass is 9.74. The van der Waals surface area contributed by atoms with Crippen molar-refractivity contribution >= 4 is 0 Å². The van der Waals surface area contributed by atoms with Crippen molar-refractivity contribution in [3.8, 4) is 0 Å². The van der Waals surface area contributed by atoms with E-state index < -0.39 is 17.2 Å². The quantitative estimate of drug-likeness (QED) is 0.859. The molecule has 1 nitrogen and oxygen atoms in total. The van der Waals surface area contributed by atoms with Crippen LogP contribution in [-0.4, -0.2) is 5.11 Å². The molecular formula is C15H20F2O. The Hall–Kier alpha value is -0.960. The summed E-state index contributed by atoms with van der Waals surface area (Å²) in [6, 6.07) is 3.77. The number of benzene rings is 1. The molecule has 100 valence electrons. The van der Waals surface area contributed by atoms with Crippen LogP contribution < -0.4 is 0 Å². The van der Waals surface area contributed by atoms with Gasteiger partial charge in [0.05, 0.1) is 11.2 Å². The second kappa shape index (κ2) is 5.35. The molecule has 0 radical (unpaired) electrons. The van der Waals surface area contributed by atoms with E-state index in [1.165, 1.54) is 18.2 Å². The van der Waals surface area contributed by atoms with Crippen molar-refractivity contribution in [2.45, 2.75) is 51.0 Å². The Morgan fingerprint density at radius 1 is 1.22 bits per heavy atom. The zero-order valence-electron chi connectivity index (χ0n) is 10.8. The van der Waals surface area contributed by atoms with Crippen molar-refractivity contribution < 1.29 is 13.9 Å². The fourth-order valence-corrected chi connectivity index (χ4v) is 3.04. The molecule has 1 aromatic rings. The SMILES string of the molecule is CCCC1CCC(O)(c2c(F)cccc2F)CC1. The molecule has 3 heteroatoms. The fraction of sp³-hybridized carbons (Fsp3) is 0.600. The van der Waals surface area contributed by atoms with Crippen LogP contribution in [0.1, 0.15) is 51.0 Å². The van der Waals surface area contributed by atoms with Gasteiger partial charge in [-0.2, -0.15) is 0 Å². The first kappa shape index (κ1) is 13.5. The van der Waals surface area contributed by atoms with Crippen LogP contribution in [0.15, 0.2) is 18.2 Å². The Kier molecular flexibility index (Phi) is 4.00. The number of aliphatic hydroxyl groups is 1. The van der Waals surface area contributed by atoms with E-state index in [1.54, 1.807) is 0 Å². The standard InChI is InChI=1S/C15H20F2O/c1-2-4-11-7-9-15(18,10-8-11)14-12(16)5-3-6-13(14)17/h3,5-6,11,18H,2,4,7-10H2,1H3. The van der Waals surface area contributed by atoms with Gasteiger partial charge in [-0.05, 0) is 43.7 Å². The summed E-state index contributed by atoms with van der Waals surface area (Å²) in [5.74, 6) is -0.678. The molecule has 1 aromatic carbocycles. The number of hydrogen-bond donors (Lipinski definition) is 1. The molecule has 0 unspecified atom stereocenters. The van der Waals surface area contributed by atoms with Crippen LogP contribution in [0, 0.1) is 17.6 Å². The summed E-state index contributed by atoms with van der Waals surface area (Å²) in [5.41, 5.74) is -1.46. The van der Waals surface area contributed by atoms with Crippen molar-refractivity contribution in [2.24, 2.45) is 5.92 Å². The molecule has 0 spiro atoms. The molecule has 1 N–H and O–H groups in total. The average Bonchev–Trinajstić information content (AvgIpc) is 2.32. The lowest BCUT2D eigenvalue weighted by Crippen LogP contribution is -2.33. The highest BCUT2D eigenvalue weighted by atomic mass is 19.1. The summed E-state index contributed by atoms with van der Waals surface area (Å²) in [4.78, 5) is 0. The molecule has 0 aromatic heterocycles. The van der Waals surface area contributed by atoms with Gasteiger partial charge < -0.3 is 5.11 Å². The van der Waals surface area contributed by atoms with Crippen LogP contribution in [-0.2, 0) is 5.60 Å². The largest absolute Gasteiger partial charge is 0.385 e. The van der Waals surface area contributed by atoms with E-state index in [4.69, 9.17) is 0 Å². The highest BCUT2D eigenvalue weighted by Gasteiger charge is 2.38. The molecule has 0 atom stereocenters. The monoisotopic (exact) mass is 254 g/mol. The van der Waals surface area contributed by atoms with Gasteiger partial charge in [-0.25, -0.2) is 8.78 Å². The summed E-state index contributed by atoms with van der Waals surface area (Å²) < 4.78 is 27.5. The van der Waals surface area contributed by atoms with Crippen LogP contribution in [0.5, 0.6) is 0 Å². The van der Waals surface area contributed by atoms with E-state index in [2.05, 4.69) is 6.92 Å². The maximum Gasteiger partial charge on any atom is 0.132 e. The van der Waals surface area contributed by atoms with Gasteiger partial charge in [-0.15, -0.1) is 0 Å². The van der Waals surface area contributed by atoms with Gasteiger partial charge in [0.15, 0.2) is 0 Å². The molecular weight excluding hydrogens is 234 g/mol. The topological polar surface area (TPSA) is 20.2 Å². The molecule has 1 fully saturated rings. The van der Waals surface area contributed by atoms with Crippen molar-refractivity contribution in [3.05, 3.63) is 35.4 Å². The first-order chi connectivity index (χ1) is 8.57. The smallest absolute Gasteiger partial charge is 0.132 e. The molecule has 0 heterocycles. The molecule has 0 saturated heterocycles. The molecule has 1 saturated carbocycles. The highest BCUT2D eigenvalue weighted by Crippen LogP contribution is 2.42. The molecule has 1 aliphatic carbocycles. The minimum atomic E-state index is -1.32. The summed E-state index contributed by atoms with van der Waals surface area (Å²) in [7, 11) is 0. The van der Waals surface area contributed by atoms with E-state index in [1.807, 2.05) is 0 Å². The Labute approximate surface area is 107 Å². The lowest BCUT2D eigenvalue weighted by Gasteiger charge is -2.36. The number of halogens is 2. The highest BCUT2D eigenvalue weighted by molar-refractivity contribution is 5.26. The van der Waals surface area contributed by atoms with E-state index in [-0.39, 0.29) is 5.56 Å². The van der Waals surface area contributed by atoms with Gasteiger partial charge in [0, 0.05) is 0 Å². The van der Waals surface area contributed by atoms with Crippen LogP contribution in [0.3, 0.4) is 0 Å². The lowest BCUT2D eigenvalue weighted by molar-refractivity contribution is -0.0210. The molecule has 0 aliphatic heterocycles. The summed E-state index contributed by atoms with van der Waals surface area (Å²) in [6.45, 7) is 2.14.